The fourth-order valence-electron chi connectivity index (χ4n) is 2.45. The van der Waals surface area contributed by atoms with Gasteiger partial charge >= 0.3 is 11.9 Å². The highest BCUT2D eigenvalue weighted by atomic mass is 16.6. The van der Waals surface area contributed by atoms with Crippen LogP contribution in [-0.4, -0.2) is 42.7 Å². The third-order valence-corrected chi connectivity index (χ3v) is 3.50. The van der Waals surface area contributed by atoms with Gasteiger partial charge in [-0.1, -0.05) is 12.1 Å². The fourth-order valence-corrected chi connectivity index (χ4v) is 2.45. The van der Waals surface area contributed by atoms with E-state index in [1.165, 1.54) is 7.11 Å². The van der Waals surface area contributed by atoms with E-state index < -0.39 is 47.5 Å². The van der Waals surface area contributed by atoms with E-state index in [0.29, 0.717) is 11.3 Å². The maximum atomic E-state index is 12.5. The summed E-state index contributed by atoms with van der Waals surface area (Å²) in [7, 11) is 1.49. The number of nitrogens with zero attached hydrogens (tertiary/aromatic N) is 1. The standard InChI is InChI=1S/C18H25NO7/c1-11(2)25-17(20)16(18(21)26-12(3)4)15(10-19(22)23)13-6-8-14(24-5)9-7-13/h6-9,11-12,15-16H,10H2,1-5H3/t15-/m1/s1. The lowest BCUT2D eigenvalue weighted by Crippen LogP contribution is -2.38. The first-order valence-electron chi connectivity index (χ1n) is 8.32. The van der Waals surface area contributed by atoms with Crippen molar-refractivity contribution in [3.8, 4) is 5.75 Å². The SMILES string of the molecule is COc1ccc([C@@H](C[N+](=O)[O-])C(C(=O)OC(C)C)C(=O)OC(C)C)cc1. The first-order chi connectivity index (χ1) is 12.1. The Morgan fingerprint density at radius 3 is 1.81 bits per heavy atom. The Morgan fingerprint density at radius 2 is 1.46 bits per heavy atom. The molecule has 1 rings (SSSR count). The molecule has 1 aromatic carbocycles. The zero-order chi connectivity index (χ0) is 19.9. The summed E-state index contributed by atoms with van der Waals surface area (Å²) in [4.78, 5) is 35.7. The van der Waals surface area contributed by atoms with Crippen LogP contribution in [-0.2, 0) is 19.1 Å². The molecule has 0 aliphatic heterocycles. The van der Waals surface area contributed by atoms with E-state index in [1.54, 1.807) is 52.0 Å². The minimum Gasteiger partial charge on any atom is -0.497 e. The van der Waals surface area contributed by atoms with Crippen molar-refractivity contribution in [2.75, 3.05) is 13.7 Å². The smallest absolute Gasteiger partial charge is 0.321 e. The van der Waals surface area contributed by atoms with Crippen molar-refractivity contribution in [3.05, 3.63) is 39.9 Å². The monoisotopic (exact) mass is 367 g/mol. The van der Waals surface area contributed by atoms with E-state index >= 15 is 0 Å². The van der Waals surface area contributed by atoms with Crippen LogP contribution in [0.15, 0.2) is 24.3 Å². The number of carbonyl (C=O) groups excluding carboxylic acids is 2. The lowest BCUT2D eigenvalue weighted by Gasteiger charge is -2.24. The van der Waals surface area contributed by atoms with Crippen LogP contribution in [0.4, 0.5) is 0 Å². The summed E-state index contributed by atoms with van der Waals surface area (Å²) in [6, 6.07) is 6.40. The van der Waals surface area contributed by atoms with Gasteiger partial charge in [0.15, 0.2) is 5.92 Å². The zero-order valence-electron chi connectivity index (χ0n) is 15.6. The van der Waals surface area contributed by atoms with E-state index in [4.69, 9.17) is 14.2 Å². The minimum absolute atomic E-state index is 0.453. The van der Waals surface area contributed by atoms with Gasteiger partial charge in [-0.15, -0.1) is 0 Å². The first kappa shape index (κ1) is 21.4. The average molecular weight is 367 g/mol. The highest BCUT2D eigenvalue weighted by Crippen LogP contribution is 2.30. The number of rotatable bonds is 9. The van der Waals surface area contributed by atoms with Crippen molar-refractivity contribution in [3.63, 3.8) is 0 Å². The molecule has 0 spiro atoms. The van der Waals surface area contributed by atoms with Crippen LogP contribution in [0.25, 0.3) is 0 Å². The summed E-state index contributed by atoms with van der Waals surface area (Å²) in [5.74, 6) is -3.58. The second kappa shape index (κ2) is 9.74. The quantitative estimate of drug-likeness (QED) is 0.286. The molecule has 8 heteroatoms. The van der Waals surface area contributed by atoms with Gasteiger partial charge in [-0.25, -0.2) is 0 Å². The molecule has 8 nitrogen and oxygen atoms in total. The Balaban J connectivity index is 3.31. The molecule has 0 unspecified atom stereocenters. The molecule has 0 saturated carbocycles. The molecular formula is C18H25NO7. The van der Waals surface area contributed by atoms with Crippen LogP contribution in [0.1, 0.15) is 39.2 Å². The summed E-state index contributed by atoms with van der Waals surface area (Å²) in [6.07, 6.45) is -0.937. The van der Waals surface area contributed by atoms with Gasteiger partial charge in [0.1, 0.15) is 5.75 Å². The van der Waals surface area contributed by atoms with Crippen molar-refractivity contribution in [1.82, 2.24) is 0 Å². The van der Waals surface area contributed by atoms with Crippen LogP contribution in [0.2, 0.25) is 0 Å². The first-order valence-corrected chi connectivity index (χ1v) is 8.32. The summed E-state index contributed by atoms with van der Waals surface area (Å²) in [5.41, 5.74) is 0.453. The predicted molar refractivity (Wildman–Crippen MR) is 93.5 cm³/mol. The molecule has 26 heavy (non-hydrogen) atoms. The Hall–Kier alpha value is -2.64. The molecule has 1 atom stereocenters. The third kappa shape index (κ3) is 6.34. The number of benzene rings is 1. The summed E-state index contributed by atoms with van der Waals surface area (Å²) in [5, 5.41) is 11.2. The molecule has 0 amide bonds. The van der Waals surface area contributed by atoms with Gasteiger partial charge in [0.2, 0.25) is 6.54 Å². The summed E-state index contributed by atoms with van der Waals surface area (Å²) >= 11 is 0. The van der Waals surface area contributed by atoms with Crippen LogP contribution in [0, 0.1) is 16.0 Å². The van der Waals surface area contributed by atoms with Crippen molar-refractivity contribution < 1.29 is 28.7 Å². The van der Waals surface area contributed by atoms with E-state index in [2.05, 4.69) is 0 Å². The molecule has 0 aliphatic carbocycles. The van der Waals surface area contributed by atoms with Crippen LogP contribution < -0.4 is 4.74 Å². The second-order valence-electron chi connectivity index (χ2n) is 6.34. The normalized spacial score (nSPS) is 12.2. The Bertz CT molecular complexity index is 603. The average Bonchev–Trinajstić information content (AvgIpc) is 2.52. The van der Waals surface area contributed by atoms with E-state index in [-0.39, 0.29) is 0 Å². The Labute approximate surface area is 152 Å². The van der Waals surface area contributed by atoms with Gasteiger partial charge in [0.25, 0.3) is 0 Å². The van der Waals surface area contributed by atoms with Crippen LogP contribution >= 0.6 is 0 Å². The van der Waals surface area contributed by atoms with Crippen molar-refractivity contribution in [2.45, 2.75) is 45.8 Å². The third-order valence-electron chi connectivity index (χ3n) is 3.50. The van der Waals surface area contributed by atoms with E-state index in [9.17, 15) is 19.7 Å². The number of hydrogen-bond acceptors (Lipinski definition) is 7. The predicted octanol–water partition coefficient (Wildman–Crippen LogP) is 2.57. The molecule has 0 heterocycles. The second-order valence-corrected chi connectivity index (χ2v) is 6.34. The van der Waals surface area contributed by atoms with Crippen LogP contribution in [0.3, 0.4) is 0 Å². The Morgan fingerprint density at radius 1 is 1.00 bits per heavy atom. The molecule has 1 aromatic rings. The highest BCUT2D eigenvalue weighted by molar-refractivity contribution is 5.96. The summed E-state index contributed by atoms with van der Waals surface area (Å²) < 4.78 is 15.4. The van der Waals surface area contributed by atoms with Crippen molar-refractivity contribution in [1.29, 1.82) is 0 Å². The number of hydrogen-bond donors (Lipinski definition) is 0. The van der Waals surface area contributed by atoms with Gasteiger partial charge < -0.3 is 14.2 Å². The maximum Gasteiger partial charge on any atom is 0.321 e. The number of carbonyl (C=O) groups is 2. The summed E-state index contributed by atoms with van der Waals surface area (Å²) in [6.45, 7) is 5.94. The van der Waals surface area contributed by atoms with Gasteiger partial charge in [0.05, 0.1) is 25.2 Å². The Kier molecular flexibility index (Phi) is 8.02. The highest BCUT2D eigenvalue weighted by Gasteiger charge is 2.42. The molecule has 0 aliphatic rings. The van der Waals surface area contributed by atoms with Gasteiger partial charge in [0, 0.05) is 4.92 Å². The molecule has 0 fully saturated rings. The lowest BCUT2D eigenvalue weighted by atomic mass is 9.85. The molecule has 0 aromatic heterocycles. The van der Waals surface area contributed by atoms with Crippen molar-refractivity contribution >= 4 is 11.9 Å². The van der Waals surface area contributed by atoms with Crippen LogP contribution in [0.5, 0.6) is 5.75 Å². The molecular weight excluding hydrogens is 342 g/mol. The molecule has 144 valence electrons. The topological polar surface area (TPSA) is 105 Å². The molecule has 0 N–H and O–H groups in total. The minimum atomic E-state index is -1.43. The number of ether oxygens (including phenoxy) is 3. The number of methoxy groups -OCH3 is 1. The maximum absolute atomic E-state index is 12.5. The van der Waals surface area contributed by atoms with Crippen molar-refractivity contribution in [2.24, 2.45) is 5.92 Å². The van der Waals surface area contributed by atoms with E-state index in [1.807, 2.05) is 0 Å². The number of nitro groups is 1. The largest absolute Gasteiger partial charge is 0.497 e. The van der Waals surface area contributed by atoms with Gasteiger partial charge in [-0.2, -0.15) is 0 Å². The van der Waals surface area contributed by atoms with E-state index in [0.717, 1.165) is 0 Å². The molecule has 0 saturated heterocycles. The van der Waals surface area contributed by atoms with Gasteiger partial charge in [-0.05, 0) is 45.4 Å². The zero-order valence-corrected chi connectivity index (χ0v) is 15.6. The van der Waals surface area contributed by atoms with Gasteiger partial charge in [-0.3, -0.25) is 19.7 Å². The lowest BCUT2D eigenvalue weighted by molar-refractivity contribution is -0.484. The number of esters is 2. The fraction of sp³-hybridized carbons (Fsp3) is 0.556. The molecule has 0 bridgehead atoms. The molecule has 0 radical (unpaired) electrons.